The number of hydrogen-bond donors (Lipinski definition) is 0. The standard InChI is InChI=1S/C17H15F3O/c1-11-9-14(5-8-16(11)12(2)10-21)13-3-6-15(7-4-13)17(18,19)20/h3-10,12H,1-2H3/t12-/m0/s1. The van der Waals surface area contributed by atoms with Gasteiger partial charge in [-0.3, -0.25) is 0 Å². The zero-order valence-corrected chi connectivity index (χ0v) is 11.7. The molecule has 1 nitrogen and oxygen atoms in total. The predicted molar refractivity (Wildman–Crippen MR) is 76.1 cm³/mol. The van der Waals surface area contributed by atoms with Crippen LogP contribution < -0.4 is 0 Å². The first-order valence-electron chi connectivity index (χ1n) is 6.56. The van der Waals surface area contributed by atoms with Crippen LogP contribution in [0.2, 0.25) is 0 Å². The molecule has 0 spiro atoms. The van der Waals surface area contributed by atoms with Gasteiger partial charge in [-0.25, -0.2) is 0 Å². The summed E-state index contributed by atoms with van der Waals surface area (Å²) in [6, 6.07) is 10.6. The van der Waals surface area contributed by atoms with E-state index < -0.39 is 11.7 Å². The van der Waals surface area contributed by atoms with Crippen LogP contribution in [0, 0.1) is 6.92 Å². The van der Waals surface area contributed by atoms with Crippen molar-refractivity contribution < 1.29 is 18.0 Å². The van der Waals surface area contributed by atoms with Crippen LogP contribution in [0.5, 0.6) is 0 Å². The lowest BCUT2D eigenvalue weighted by Crippen LogP contribution is -2.04. The fourth-order valence-electron chi connectivity index (χ4n) is 2.29. The summed E-state index contributed by atoms with van der Waals surface area (Å²) in [6.45, 7) is 3.70. The Bertz CT molecular complexity index is 642. The summed E-state index contributed by atoms with van der Waals surface area (Å²) in [5.41, 5.74) is 2.78. The quantitative estimate of drug-likeness (QED) is 0.729. The third-order valence-corrected chi connectivity index (χ3v) is 3.51. The SMILES string of the molecule is Cc1cc(-c2ccc(C(F)(F)F)cc2)ccc1[C@@H](C)C=O. The minimum Gasteiger partial charge on any atom is -0.303 e. The van der Waals surface area contributed by atoms with Gasteiger partial charge in [0.1, 0.15) is 6.29 Å². The number of benzene rings is 2. The lowest BCUT2D eigenvalue weighted by atomic mass is 9.93. The second kappa shape index (κ2) is 5.72. The van der Waals surface area contributed by atoms with Crippen molar-refractivity contribution in [3.8, 4) is 11.1 Å². The molecule has 0 bridgehead atoms. The van der Waals surface area contributed by atoms with E-state index >= 15 is 0 Å². The van der Waals surface area contributed by atoms with E-state index in [4.69, 9.17) is 0 Å². The largest absolute Gasteiger partial charge is 0.416 e. The molecule has 0 amide bonds. The normalized spacial score (nSPS) is 13.0. The molecular weight excluding hydrogens is 277 g/mol. The molecule has 110 valence electrons. The van der Waals surface area contributed by atoms with Crippen LogP contribution in [0.1, 0.15) is 29.5 Å². The first-order chi connectivity index (χ1) is 9.82. The molecule has 2 aromatic carbocycles. The average molecular weight is 292 g/mol. The van der Waals surface area contributed by atoms with Crippen LogP contribution in [0.15, 0.2) is 42.5 Å². The molecule has 21 heavy (non-hydrogen) atoms. The van der Waals surface area contributed by atoms with Crippen LogP contribution in [-0.4, -0.2) is 6.29 Å². The third kappa shape index (κ3) is 3.32. The highest BCUT2D eigenvalue weighted by Gasteiger charge is 2.29. The number of carbonyl (C=O) groups excluding carboxylic acids is 1. The molecule has 0 unspecified atom stereocenters. The zero-order chi connectivity index (χ0) is 15.6. The molecule has 0 aliphatic rings. The van der Waals surface area contributed by atoms with Crippen molar-refractivity contribution >= 4 is 6.29 Å². The summed E-state index contributed by atoms with van der Waals surface area (Å²) in [5, 5.41) is 0. The van der Waals surface area contributed by atoms with Crippen molar-refractivity contribution in [2.45, 2.75) is 25.9 Å². The summed E-state index contributed by atoms with van der Waals surface area (Å²) in [4.78, 5) is 10.8. The Morgan fingerprint density at radius 3 is 2.05 bits per heavy atom. The summed E-state index contributed by atoms with van der Waals surface area (Å²) in [5.74, 6) is -0.188. The maximum atomic E-state index is 12.5. The molecule has 0 aliphatic carbocycles. The van der Waals surface area contributed by atoms with Crippen LogP contribution in [-0.2, 0) is 11.0 Å². The molecule has 2 rings (SSSR count). The maximum Gasteiger partial charge on any atom is 0.416 e. The van der Waals surface area contributed by atoms with E-state index in [0.29, 0.717) is 0 Å². The predicted octanol–water partition coefficient (Wildman–Crippen LogP) is 4.98. The van der Waals surface area contributed by atoms with E-state index in [2.05, 4.69) is 0 Å². The van der Waals surface area contributed by atoms with E-state index in [1.807, 2.05) is 32.0 Å². The summed E-state index contributed by atoms with van der Waals surface area (Å²) < 4.78 is 37.6. The first kappa shape index (κ1) is 15.3. The van der Waals surface area contributed by atoms with Crippen LogP contribution >= 0.6 is 0 Å². The van der Waals surface area contributed by atoms with Gasteiger partial charge in [-0.15, -0.1) is 0 Å². The van der Waals surface area contributed by atoms with Gasteiger partial charge in [-0.05, 0) is 41.3 Å². The van der Waals surface area contributed by atoms with E-state index in [1.165, 1.54) is 12.1 Å². The van der Waals surface area contributed by atoms with Gasteiger partial charge in [-0.1, -0.05) is 37.3 Å². The number of halogens is 3. The molecule has 0 radical (unpaired) electrons. The lowest BCUT2D eigenvalue weighted by Gasteiger charge is -2.12. The zero-order valence-electron chi connectivity index (χ0n) is 11.7. The van der Waals surface area contributed by atoms with Gasteiger partial charge >= 0.3 is 6.18 Å². The Hall–Kier alpha value is -2.10. The average Bonchev–Trinajstić information content (AvgIpc) is 2.45. The van der Waals surface area contributed by atoms with Gasteiger partial charge in [-0.2, -0.15) is 13.2 Å². The van der Waals surface area contributed by atoms with E-state index in [9.17, 15) is 18.0 Å². The molecule has 0 heterocycles. The van der Waals surface area contributed by atoms with Gasteiger partial charge in [0.25, 0.3) is 0 Å². The van der Waals surface area contributed by atoms with E-state index in [-0.39, 0.29) is 5.92 Å². The fourth-order valence-corrected chi connectivity index (χ4v) is 2.29. The second-order valence-electron chi connectivity index (χ2n) is 5.07. The van der Waals surface area contributed by atoms with Crippen molar-refractivity contribution in [2.24, 2.45) is 0 Å². The van der Waals surface area contributed by atoms with E-state index in [0.717, 1.165) is 40.7 Å². The maximum absolute atomic E-state index is 12.5. The Balaban J connectivity index is 2.35. The van der Waals surface area contributed by atoms with Gasteiger partial charge in [0, 0.05) is 5.92 Å². The number of carbonyl (C=O) groups is 1. The number of alkyl halides is 3. The highest BCUT2D eigenvalue weighted by molar-refractivity contribution is 5.68. The van der Waals surface area contributed by atoms with Gasteiger partial charge in [0.15, 0.2) is 0 Å². The highest BCUT2D eigenvalue weighted by Crippen LogP contribution is 2.31. The molecule has 0 saturated heterocycles. The molecule has 0 aromatic heterocycles. The van der Waals surface area contributed by atoms with Crippen molar-refractivity contribution in [3.05, 3.63) is 59.2 Å². The van der Waals surface area contributed by atoms with E-state index in [1.54, 1.807) is 0 Å². The molecule has 0 saturated carbocycles. The Kier molecular flexibility index (Phi) is 4.16. The number of rotatable bonds is 3. The second-order valence-corrected chi connectivity index (χ2v) is 5.07. The minimum absolute atomic E-state index is 0.188. The summed E-state index contributed by atoms with van der Waals surface area (Å²) in [7, 11) is 0. The smallest absolute Gasteiger partial charge is 0.303 e. The summed E-state index contributed by atoms with van der Waals surface area (Å²) >= 11 is 0. The van der Waals surface area contributed by atoms with Crippen molar-refractivity contribution in [1.29, 1.82) is 0 Å². The number of aldehydes is 1. The van der Waals surface area contributed by atoms with Gasteiger partial charge < -0.3 is 4.79 Å². The van der Waals surface area contributed by atoms with Gasteiger partial charge in [0.05, 0.1) is 5.56 Å². The molecular formula is C17H15F3O. The van der Waals surface area contributed by atoms with Crippen molar-refractivity contribution in [3.63, 3.8) is 0 Å². The molecule has 4 heteroatoms. The highest BCUT2D eigenvalue weighted by atomic mass is 19.4. The molecule has 1 atom stereocenters. The monoisotopic (exact) mass is 292 g/mol. The molecule has 0 fully saturated rings. The minimum atomic E-state index is -4.32. The molecule has 2 aromatic rings. The molecule has 0 N–H and O–H groups in total. The van der Waals surface area contributed by atoms with Crippen molar-refractivity contribution in [2.75, 3.05) is 0 Å². The Morgan fingerprint density at radius 1 is 1.00 bits per heavy atom. The van der Waals surface area contributed by atoms with Crippen molar-refractivity contribution in [1.82, 2.24) is 0 Å². The third-order valence-electron chi connectivity index (χ3n) is 3.51. The Morgan fingerprint density at radius 2 is 1.57 bits per heavy atom. The van der Waals surface area contributed by atoms with Gasteiger partial charge in [0.2, 0.25) is 0 Å². The van der Waals surface area contributed by atoms with Crippen LogP contribution in [0.3, 0.4) is 0 Å². The lowest BCUT2D eigenvalue weighted by molar-refractivity contribution is -0.137. The number of hydrogen-bond acceptors (Lipinski definition) is 1. The van der Waals surface area contributed by atoms with Crippen LogP contribution in [0.25, 0.3) is 11.1 Å². The topological polar surface area (TPSA) is 17.1 Å². The van der Waals surface area contributed by atoms with Crippen LogP contribution in [0.4, 0.5) is 13.2 Å². The first-order valence-corrected chi connectivity index (χ1v) is 6.56. The number of aryl methyl sites for hydroxylation is 1. The Labute approximate surface area is 121 Å². The fraction of sp³-hybridized carbons (Fsp3) is 0.235. The summed E-state index contributed by atoms with van der Waals surface area (Å²) in [6.07, 6.45) is -3.45. The molecule has 0 aliphatic heterocycles.